The van der Waals surface area contributed by atoms with Gasteiger partial charge in [-0.1, -0.05) is 6.92 Å². The monoisotopic (exact) mass is 261 g/mol. The second-order valence-electron chi connectivity index (χ2n) is 5.57. The molecule has 2 aliphatic rings. The Kier molecular flexibility index (Phi) is 2.86. The van der Waals surface area contributed by atoms with E-state index in [2.05, 4.69) is 10.2 Å². The third-order valence-electron chi connectivity index (χ3n) is 4.08. The number of hydrogen-bond acceptors (Lipinski definition) is 4. The minimum absolute atomic E-state index is 0.0222. The maximum absolute atomic E-state index is 11.4. The van der Waals surface area contributed by atoms with Crippen molar-refractivity contribution in [2.45, 2.75) is 25.9 Å². The Morgan fingerprint density at radius 3 is 3.00 bits per heavy atom. The summed E-state index contributed by atoms with van der Waals surface area (Å²) in [5, 5.41) is 12.6. The Bertz CT molecular complexity index is 530. The van der Waals surface area contributed by atoms with Crippen LogP contribution in [-0.4, -0.2) is 30.2 Å². The number of nitrogens with one attached hydrogen (secondary N) is 1. The van der Waals surface area contributed by atoms with Crippen LogP contribution in [0.25, 0.3) is 0 Å². The summed E-state index contributed by atoms with van der Waals surface area (Å²) in [5.74, 6) is 0.255. The molecule has 4 N–H and O–H groups in total. The second-order valence-corrected chi connectivity index (χ2v) is 5.57. The number of aliphatic hydroxyl groups is 1. The molecule has 19 heavy (non-hydrogen) atoms. The summed E-state index contributed by atoms with van der Waals surface area (Å²) in [5.41, 5.74) is 9.61. The van der Waals surface area contributed by atoms with Crippen molar-refractivity contribution in [3.05, 3.63) is 17.7 Å². The number of nitrogens with zero attached hydrogens (tertiary/aromatic N) is 1. The van der Waals surface area contributed by atoms with Gasteiger partial charge < -0.3 is 21.1 Å². The number of amides is 1. The predicted octanol–water partition coefficient (Wildman–Crippen LogP) is 0.970. The molecule has 0 spiro atoms. The first-order valence-corrected chi connectivity index (χ1v) is 6.70. The van der Waals surface area contributed by atoms with E-state index in [4.69, 9.17) is 5.73 Å². The maximum atomic E-state index is 11.4. The van der Waals surface area contributed by atoms with Gasteiger partial charge in [0.2, 0.25) is 5.91 Å². The number of piperidine rings is 1. The fourth-order valence-corrected chi connectivity index (χ4v) is 2.91. The van der Waals surface area contributed by atoms with Crippen molar-refractivity contribution in [3.8, 4) is 0 Å². The molecule has 0 radical (unpaired) electrons. The fraction of sp³-hybridized carbons (Fsp3) is 0.500. The summed E-state index contributed by atoms with van der Waals surface area (Å²) in [6.45, 7) is 3.63. The standard InChI is InChI=1S/C14H19N3O2/c1-8-7-17(3-2-13(8)18)12-6-11-9(4-10(12)15)5-14(19)16-11/h4,6,8,13,18H,2-3,5,7,15H2,1H3,(H,16,19). The number of fused-ring (bicyclic) bond motifs is 1. The van der Waals surface area contributed by atoms with Gasteiger partial charge in [0.1, 0.15) is 0 Å². The van der Waals surface area contributed by atoms with Crippen LogP contribution in [0, 0.1) is 5.92 Å². The van der Waals surface area contributed by atoms with E-state index in [1.54, 1.807) is 0 Å². The lowest BCUT2D eigenvalue weighted by Gasteiger charge is -2.36. The summed E-state index contributed by atoms with van der Waals surface area (Å²) >= 11 is 0. The van der Waals surface area contributed by atoms with Gasteiger partial charge in [-0.3, -0.25) is 4.79 Å². The molecule has 102 valence electrons. The highest BCUT2D eigenvalue weighted by Crippen LogP contribution is 2.35. The van der Waals surface area contributed by atoms with E-state index in [0.29, 0.717) is 12.1 Å². The van der Waals surface area contributed by atoms with Crippen molar-refractivity contribution < 1.29 is 9.90 Å². The highest BCUT2D eigenvalue weighted by molar-refractivity contribution is 6.00. The molecule has 1 aromatic rings. The molecule has 0 aromatic heterocycles. The first-order chi connectivity index (χ1) is 9.04. The van der Waals surface area contributed by atoms with Crippen molar-refractivity contribution in [1.82, 2.24) is 0 Å². The first-order valence-electron chi connectivity index (χ1n) is 6.70. The summed E-state index contributed by atoms with van der Waals surface area (Å²) in [4.78, 5) is 13.6. The lowest BCUT2D eigenvalue weighted by Crippen LogP contribution is -2.42. The second kappa shape index (κ2) is 4.42. The summed E-state index contributed by atoms with van der Waals surface area (Å²) in [7, 11) is 0. The van der Waals surface area contributed by atoms with Crippen LogP contribution >= 0.6 is 0 Å². The van der Waals surface area contributed by atoms with Gasteiger partial charge in [0.25, 0.3) is 0 Å². The van der Waals surface area contributed by atoms with Crippen LogP contribution in [0.1, 0.15) is 18.9 Å². The van der Waals surface area contributed by atoms with E-state index in [1.807, 2.05) is 19.1 Å². The number of anilines is 3. The molecular formula is C14H19N3O2. The van der Waals surface area contributed by atoms with Gasteiger partial charge >= 0.3 is 0 Å². The number of carbonyl (C=O) groups excluding carboxylic acids is 1. The zero-order valence-electron chi connectivity index (χ0n) is 11.0. The van der Waals surface area contributed by atoms with Crippen LogP contribution in [0.5, 0.6) is 0 Å². The molecule has 2 aliphatic heterocycles. The summed E-state index contributed by atoms with van der Waals surface area (Å²) < 4.78 is 0. The van der Waals surface area contributed by atoms with E-state index in [1.165, 1.54) is 0 Å². The van der Waals surface area contributed by atoms with Gasteiger partial charge in [0, 0.05) is 18.8 Å². The molecule has 1 fully saturated rings. The zero-order chi connectivity index (χ0) is 13.6. The van der Waals surface area contributed by atoms with Crippen molar-refractivity contribution in [1.29, 1.82) is 0 Å². The number of rotatable bonds is 1. The average molecular weight is 261 g/mol. The minimum Gasteiger partial charge on any atom is -0.397 e. The summed E-state index contributed by atoms with van der Waals surface area (Å²) in [6.07, 6.45) is 0.936. The van der Waals surface area contributed by atoms with E-state index in [-0.39, 0.29) is 17.9 Å². The Balaban J connectivity index is 1.89. The molecule has 1 amide bonds. The third kappa shape index (κ3) is 2.14. The number of nitrogen functional groups attached to an aromatic ring is 1. The van der Waals surface area contributed by atoms with E-state index in [0.717, 1.165) is 36.4 Å². The minimum atomic E-state index is -0.230. The number of nitrogens with two attached hydrogens (primary N) is 1. The highest BCUT2D eigenvalue weighted by atomic mass is 16.3. The topological polar surface area (TPSA) is 78.6 Å². The molecular weight excluding hydrogens is 242 g/mol. The van der Waals surface area contributed by atoms with Gasteiger partial charge in [-0.05, 0) is 30.0 Å². The van der Waals surface area contributed by atoms with E-state index >= 15 is 0 Å². The quantitative estimate of drug-likeness (QED) is 0.658. The number of benzene rings is 1. The Hall–Kier alpha value is -1.75. The third-order valence-corrected chi connectivity index (χ3v) is 4.08. The highest BCUT2D eigenvalue weighted by Gasteiger charge is 2.27. The molecule has 5 heteroatoms. The molecule has 5 nitrogen and oxygen atoms in total. The van der Waals surface area contributed by atoms with Crippen molar-refractivity contribution in [2.75, 3.05) is 29.0 Å². The Morgan fingerprint density at radius 1 is 1.47 bits per heavy atom. The molecule has 2 atom stereocenters. The van der Waals surface area contributed by atoms with Crippen LogP contribution in [0.15, 0.2) is 12.1 Å². The zero-order valence-corrected chi connectivity index (χ0v) is 11.0. The van der Waals surface area contributed by atoms with Gasteiger partial charge in [-0.2, -0.15) is 0 Å². The smallest absolute Gasteiger partial charge is 0.228 e. The maximum Gasteiger partial charge on any atom is 0.228 e. The Morgan fingerprint density at radius 2 is 2.26 bits per heavy atom. The van der Waals surface area contributed by atoms with Crippen LogP contribution in [0.3, 0.4) is 0 Å². The first kappa shape index (κ1) is 12.3. The van der Waals surface area contributed by atoms with E-state index in [9.17, 15) is 9.90 Å². The van der Waals surface area contributed by atoms with E-state index < -0.39 is 0 Å². The van der Waals surface area contributed by atoms with Gasteiger partial charge in [0.15, 0.2) is 0 Å². The molecule has 3 rings (SSSR count). The van der Waals surface area contributed by atoms with Gasteiger partial charge in [0.05, 0.1) is 23.9 Å². The SMILES string of the molecule is CC1CN(c2cc3c(cc2N)CC(=O)N3)CCC1O. The van der Waals surface area contributed by atoms with Crippen LogP contribution < -0.4 is 16.0 Å². The summed E-state index contributed by atoms with van der Waals surface area (Å²) in [6, 6.07) is 3.85. The van der Waals surface area contributed by atoms with Crippen LogP contribution in [-0.2, 0) is 11.2 Å². The molecule has 1 saturated heterocycles. The molecule has 2 unspecified atom stereocenters. The molecule has 0 bridgehead atoms. The van der Waals surface area contributed by atoms with Crippen LogP contribution in [0.2, 0.25) is 0 Å². The largest absolute Gasteiger partial charge is 0.397 e. The lowest BCUT2D eigenvalue weighted by molar-refractivity contribution is -0.115. The van der Waals surface area contributed by atoms with Crippen molar-refractivity contribution >= 4 is 23.0 Å². The molecule has 0 aliphatic carbocycles. The van der Waals surface area contributed by atoms with Gasteiger partial charge in [-0.25, -0.2) is 0 Å². The van der Waals surface area contributed by atoms with Crippen molar-refractivity contribution in [3.63, 3.8) is 0 Å². The number of hydrogen-bond donors (Lipinski definition) is 3. The molecule has 2 heterocycles. The number of carbonyl (C=O) groups is 1. The normalized spacial score (nSPS) is 26.2. The molecule has 1 aromatic carbocycles. The van der Waals surface area contributed by atoms with Crippen LogP contribution in [0.4, 0.5) is 17.1 Å². The van der Waals surface area contributed by atoms with Gasteiger partial charge in [-0.15, -0.1) is 0 Å². The number of aliphatic hydroxyl groups excluding tert-OH is 1. The predicted molar refractivity (Wildman–Crippen MR) is 75.2 cm³/mol. The average Bonchev–Trinajstić information content (AvgIpc) is 2.71. The lowest BCUT2D eigenvalue weighted by atomic mass is 9.96. The van der Waals surface area contributed by atoms with Crippen molar-refractivity contribution in [2.24, 2.45) is 5.92 Å². The molecule has 0 saturated carbocycles. The Labute approximate surface area is 112 Å². The fourth-order valence-electron chi connectivity index (χ4n) is 2.91.